The number of nitrogens with one attached hydrogen (secondary N) is 2. The lowest BCUT2D eigenvalue weighted by molar-refractivity contribution is -0.139. The van der Waals surface area contributed by atoms with Crippen LogP contribution in [0.1, 0.15) is 57.8 Å². The van der Waals surface area contributed by atoms with Crippen LogP contribution in [0.5, 0.6) is 0 Å². The normalized spacial score (nSPS) is 25.3. The lowest BCUT2D eigenvalue weighted by atomic mass is 9.81. The van der Waals surface area contributed by atoms with Crippen LogP contribution in [-0.2, 0) is 4.79 Å². The topological polar surface area (TPSA) is 64.3 Å². The molecule has 0 bridgehead atoms. The minimum absolute atomic E-state index is 0.215. The van der Waals surface area contributed by atoms with Gasteiger partial charge in [-0.15, -0.1) is 0 Å². The number of para-hydroxylation sites is 1. The number of aromatic amines is 1. The molecule has 178 valence electrons. The molecule has 1 aromatic heterocycles. The Hall–Kier alpha value is -1.99. The quantitative estimate of drug-likeness (QED) is 0.607. The van der Waals surface area contributed by atoms with Gasteiger partial charge in [-0.2, -0.15) is 0 Å². The van der Waals surface area contributed by atoms with Gasteiger partial charge in [0.15, 0.2) is 4.77 Å². The second kappa shape index (κ2) is 10.5. The van der Waals surface area contributed by atoms with Gasteiger partial charge < -0.3 is 15.2 Å². The number of aromatic nitrogens is 2. The van der Waals surface area contributed by atoms with Gasteiger partial charge in [0.05, 0.1) is 5.52 Å². The van der Waals surface area contributed by atoms with Gasteiger partial charge in [-0.1, -0.05) is 31.4 Å². The Kier molecular flexibility index (Phi) is 7.26. The lowest BCUT2D eigenvalue weighted by Gasteiger charge is -2.42. The predicted octanol–water partition coefficient (Wildman–Crippen LogP) is 4.99. The molecule has 6 nitrogen and oxygen atoms in total. The highest BCUT2D eigenvalue weighted by Crippen LogP contribution is 2.31. The molecule has 1 aliphatic heterocycles. The summed E-state index contributed by atoms with van der Waals surface area (Å²) in [5.41, 5.74) is 1.01. The number of benzene rings is 1. The molecular weight excluding hydrogens is 430 g/mol. The first-order chi connectivity index (χ1) is 16.2. The van der Waals surface area contributed by atoms with Crippen molar-refractivity contribution in [3.8, 4) is 0 Å². The molecule has 2 heterocycles. The van der Waals surface area contributed by atoms with Gasteiger partial charge in [-0.05, 0) is 68.8 Å². The van der Waals surface area contributed by atoms with E-state index in [0.29, 0.717) is 16.6 Å². The fourth-order valence-corrected chi connectivity index (χ4v) is 6.31. The summed E-state index contributed by atoms with van der Waals surface area (Å²) < 4.78 is 0.508. The van der Waals surface area contributed by atoms with Crippen LogP contribution in [0.15, 0.2) is 24.3 Å². The van der Waals surface area contributed by atoms with Gasteiger partial charge >= 0.3 is 0 Å². The molecule has 3 fully saturated rings. The Labute approximate surface area is 202 Å². The number of carbonyl (C=O) groups excluding carboxylic acids is 1. The van der Waals surface area contributed by atoms with E-state index < -0.39 is 0 Å². The molecule has 2 aliphatic carbocycles. The van der Waals surface area contributed by atoms with E-state index in [1.54, 1.807) is 0 Å². The molecule has 1 aromatic carbocycles. The van der Waals surface area contributed by atoms with Gasteiger partial charge in [0.2, 0.25) is 5.91 Å². The molecule has 1 saturated heterocycles. The van der Waals surface area contributed by atoms with Crippen molar-refractivity contribution in [2.75, 3.05) is 38.0 Å². The highest BCUT2D eigenvalue weighted by atomic mass is 32.1. The third kappa shape index (κ3) is 5.40. The Bertz CT molecular complexity index is 1000. The molecule has 0 radical (unpaired) electrons. The number of nitrogens with zero attached hydrogens (tertiary/aromatic N) is 3. The summed E-state index contributed by atoms with van der Waals surface area (Å²) in [4.78, 5) is 25.7. The fraction of sp³-hybridized carbons (Fsp3) is 0.654. The van der Waals surface area contributed by atoms with Gasteiger partial charge in [-0.3, -0.25) is 9.69 Å². The van der Waals surface area contributed by atoms with E-state index in [0.717, 1.165) is 81.2 Å². The maximum atomic E-state index is 13.2. The van der Waals surface area contributed by atoms with Crippen LogP contribution in [0.2, 0.25) is 0 Å². The van der Waals surface area contributed by atoms with E-state index in [1.165, 1.54) is 32.1 Å². The number of hydrogen-bond donors (Lipinski definition) is 2. The van der Waals surface area contributed by atoms with Crippen molar-refractivity contribution in [3.63, 3.8) is 0 Å². The highest BCUT2D eigenvalue weighted by Gasteiger charge is 2.32. The summed E-state index contributed by atoms with van der Waals surface area (Å²) in [6.45, 7) is 4.86. The molecule has 33 heavy (non-hydrogen) atoms. The number of H-pyrrole nitrogens is 1. The maximum absolute atomic E-state index is 13.2. The van der Waals surface area contributed by atoms with E-state index in [4.69, 9.17) is 12.2 Å². The van der Waals surface area contributed by atoms with Crippen LogP contribution in [0.3, 0.4) is 0 Å². The number of anilines is 1. The monoisotopic (exact) mass is 467 g/mol. The molecule has 5 rings (SSSR count). The number of carbonyl (C=O) groups is 1. The summed E-state index contributed by atoms with van der Waals surface area (Å²) >= 11 is 5.30. The largest absolute Gasteiger partial charge is 0.369 e. The van der Waals surface area contributed by atoms with Crippen molar-refractivity contribution in [1.29, 1.82) is 0 Å². The van der Waals surface area contributed by atoms with E-state index in [1.807, 2.05) is 18.2 Å². The lowest BCUT2D eigenvalue weighted by Crippen LogP contribution is -2.53. The SMILES string of the molecule is O=C(C1CCC(CNc2nc(=S)[nH]c3ccccc23)CC1)N1CCN(C2CCCCC2)CC1. The Morgan fingerprint density at radius 2 is 1.73 bits per heavy atom. The molecule has 0 spiro atoms. The first-order valence-corrected chi connectivity index (χ1v) is 13.3. The summed E-state index contributed by atoms with van der Waals surface area (Å²) in [6.07, 6.45) is 11.1. The first kappa shape index (κ1) is 22.8. The van der Waals surface area contributed by atoms with Crippen molar-refractivity contribution >= 4 is 34.8 Å². The van der Waals surface area contributed by atoms with Crippen LogP contribution in [-0.4, -0.2) is 64.4 Å². The number of amides is 1. The Morgan fingerprint density at radius 3 is 2.48 bits per heavy atom. The van der Waals surface area contributed by atoms with Crippen molar-refractivity contribution in [3.05, 3.63) is 29.0 Å². The zero-order valence-electron chi connectivity index (χ0n) is 19.6. The standard InChI is InChI=1S/C26H37N5OS/c32-25(31-16-14-30(15-17-31)21-6-2-1-3-7-21)20-12-10-19(11-13-20)18-27-24-22-8-4-5-9-23(22)28-26(33)29-24/h4-5,8-9,19-21H,1-3,6-7,10-18H2,(H2,27,28,29,33). The average molecular weight is 468 g/mol. The highest BCUT2D eigenvalue weighted by molar-refractivity contribution is 7.71. The minimum Gasteiger partial charge on any atom is -0.369 e. The molecule has 3 aliphatic rings. The van der Waals surface area contributed by atoms with Gasteiger partial charge in [-0.25, -0.2) is 4.98 Å². The van der Waals surface area contributed by atoms with Gasteiger partial charge in [0, 0.05) is 50.1 Å². The molecule has 0 unspecified atom stereocenters. The van der Waals surface area contributed by atoms with Crippen molar-refractivity contribution in [2.24, 2.45) is 11.8 Å². The number of hydrogen-bond acceptors (Lipinski definition) is 5. The van der Waals surface area contributed by atoms with E-state index in [-0.39, 0.29) is 5.92 Å². The van der Waals surface area contributed by atoms with E-state index in [9.17, 15) is 4.79 Å². The summed E-state index contributed by atoms with van der Waals surface area (Å²) in [7, 11) is 0. The second-order valence-electron chi connectivity index (χ2n) is 10.2. The van der Waals surface area contributed by atoms with E-state index >= 15 is 0 Å². The van der Waals surface area contributed by atoms with Crippen molar-refractivity contribution < 1.29 is 4.79 Å². The van der Waals surface area contributed by atoms with Gasteiger partial charge in [0.1, 0.15) is 5.82 Å². The summed E-state index contributed by atoms with van der Waals surface area (Å²) in [5, 5.41) is 4.61. The predicted molar refractivity (Wildman–Crippen MR) is 136 cm³/mol. The van der Waals surface area contributed by atoms with Crippen LogP contribution in [0, 0.1) is 16.6 Å². The first-order valence-electron chi connectivity index (χ1n) is 12.9. The van der Waals surface area contributed by atoms with Crippen molar-refractivity contribution in [2.45, 2.75) is 63.8 Å². The maximum Gasteiger partial charge on any atom is 0.225 e. The molecule has 0 atom stereocenters. The number of piperazine rings is 1. The minimum atomic E-state index is 0.215. The Balaban J connectivity index is 1.08. The molecule has 2 aromatic rings. The average Bonchev–Trinajstić information content (AvgIpc) is 2.88. The molecule has 1 amide bonds. The van der Waals surface area contributed by atoms with Crippen LogP contribution in [0.4, 0.5) is 5.82 Å². The van der Waals surface area contributed by atoms with Crippen molar-refractivity contribution in [1.82, 2.24) is 19.8 Å². The Morgan fingerprint density at radius 1 is 1.00 bits per heavy atom. The van der Waals surface area contributed by atoms with Crippen LogP contribution in [0.25, 0.3) is 10.9 Å². The number of fused-ring (bicyclic) bond motifs is 1. The zero-order chi connectivity index (χ0) is 22.6. The van der Waals surface area contributed by atoms with Crippen LogP contribution < -0.4 is 5.32 Å². The number of rotatable bonds is 5. The molecular formula is C26H37N5OS. The third-order valence-corrected chi connectivity index (χ3v) is 8.30. The summed E-state index contributed by atoms with van der Waals surface area (Å²) in [6, 6.07) is 8.90. The molecule has 2 N–H and O–H groups in total. The zero-order valence-corrected chi connectivity index (χ0v) is 20.4. The second-order valence-corrected chi connectivity index (χ2v) is 10.6. The summed E-state index contributed by atoms with van der Waals surface area (Å²) in [5.74, 6) is 2.07. The third-order valence-electron chi connectivity index (χ3n) is 8.11. The van der Waals surface area contributed by atoms with Gasteiger partial charge in [0.25, 0.3) is 0 Å². The molecule has 7 heteroatoms. The fourth-order valence-electron chi connectivity index (χ4n) is 6.10. The molecule has 2 saturated carbocycles. The van der Waals surface area contributed by atoms with E-state index in [2.05, 4.69) is 31.2 Å². The van der Waals surface area contributed by atoms with Crippen LogP contribution >= 0.6 is 12.2 Å². The smallest absolute Gasteiger partial charge is 0.225 e.